The van der Waals surface area contributed by atoms with Crippen LogP contribution >= 0.6 is 0 Å². The molecule has 2 amide bonds. The maximum absolute atomic E-state index is 13.5. The summed E-state index contributed by atoms with van der Waals surface area (Å²) in [5.41, 5.74) is 2.22. The molecule has 2 aromatic carbocycles. The number of sulfonamides is 1. The number of anilines is 1. The van der Waals surface area contributed by atoms with Crippen LogP contribution < -0.4 is 14.4 Å². The molecule has 0 aliphatic heterocycles. The lowest BCUT2D eigenvalue weighted by Gasteiger charge is -2.32. The van der Waals surface area contributed by atoms with Crippen molar-refractivity contribution in [2.24, 2.45) is 0 Å². The standard InChI is InChI=1S/C25H35N3O5S/c1-7-19(3)26-25(30)20(4)27(16-21-13-11-18(2)12-14-21)24(29)17-28(34(6,31)32)22-9-8-10-23(15-22)33-5/h8-15,19-20H,7,16-17H2,1-6H3,(H,26,30)/t19-,20-/m1/s1. The van der Waals surface area contributed by atoms with Gasteiger partial charge in [0.2, 0.25) is 21.8 Å². The van der Waals surface area contributed by atoms with Crippen LogP contribution in [-0.4, -0.2) is 57.1 Å². The minimum absolute atomic E-state index is 0.0458. The Kier molecular flexibility index (Phi) is 9.49. The van der Waals surface area contributed by atoms with Crippen molar-refractivity contribution < 1.29 is 22.7 Å². The quantitative estimate of drug-likeness (QED) is 0.523. The Morgan fingerprint density at radius 1 is 1.09 bits per heavy atom. The zero-order chi connectivity index (χ0) is 25.5. The van der Waals surface area contributed by atoms with Gasteiger partial charge in [0.25, 0.3) is 0 Å². The Labute approximate surface area is 202 Å². The molecule has 0 saturated carbocycles. The molecule has 0 radical (unpaired) electrons. The van der Waals surface area contributed by atoms with Gasteiger partial charge in [-0.1, -0.05) is 42.8 Å². The van der Waals surface area contributed by atoms with E-state index in [2.05, 4.69) is 5.32 Å². The van der Waals surface area contributed by atoms with Gasteiger partial charge in [0.05, 0.1) is 19.1 Å². The van der Waals surface area contributed by atoms with Gasteiger partial charge in [-0.15, -0.1) is 0 Å². The van der Waals surface area contributed by atoms with Crippen molar-refractivity contribution in [2.75, 3.05) is 24.2 Å². The molecule has 9 heteroatoms. The molecule has 0 fully saturated rings. The number of hydrogen-bond donors (Lipinski definition) is 1. The first kappa shape index (κ1) is 27.2. The highest BCUT2D eigenvalue weighted by Gasteiger charge is 2.30. The Hall–Kier alpha value is -3.07. The van der Waals surface area contributed by atoms with Gasteiger partial charge in [-0.3, -0.25) is 13.9 Å². The molecule has 186 valence electrons. The molecule has 0 aliphatic carbocycles. The number of benzene rings is 2. The van der Waals surface area contributed by atoms with Crippen LogP contribution in [0.1, 0.15) is 38.3 Å². The van der Waals surface area contributed by atoms with E-state index in [1.165, 1.54) is 12.0 Å². The molecule has 0 spiro atoms. The second-order valence-corrected chi connectivity index (χ2v) is 10.4. The molecule has 0 saturated heterocycles. The highest BCUT2D eigenvalue weighted by atomic mass is 32.2. The minimum Gasteiger partial charge on any atom is -0.497 e. The molecule has 0 unspecified atom stereocenters. The van der Waals surface area contributed by atoms with Crippen molar-refractivity contribution in [2.45, 2.75) is 52.7 Å². The largest absolute Gasteiger partial charge is 0.497 e. The van der Waals surface area contributed by atoms with E-state index in [1.54, 1.807) is 31.2 Å². The highest BCUT2D eigenvalue weighted by Crippen LogP contribution is 2.23. The zero-order valence-corrected chi connectivity index (χ0v) is 21.6. The molecule has 2 atom stereocenters. The summed E-state index contributed by atoms with van der Waals surface area (Å²) in [5, 5.41) is 2.91. The summed E-state index contributed by atoms with van der Waals surface area (Å²) in [6.45, 7) is 7.20. The van der Waals surface area contributed by atoms with Gasteiger partial charge in [0, 0.05) is 18.7 Å². The molecule has 34 heavy (non-hydrogen) atoms. The van der Waals surface area contributed by atoms with Crippen LogP contribution in [0.25, 0.3) is 0 Å². The van der Waals surface area contributed by atoms with E-state index in [4.69, 9.17) is 4.74 Å². The van der Waals surface area contributed by atoms with E-state index in [0.29, 0.717) is 11.4 Å². The van der Waals surface area contributed by atoms with Gasteiger partial charge < -0.3 is 15.0 Å². The number of nitrogens with zero attached hydrogens (tertiary/aromatic N) is 2. The number of nitrogens with one attached hydrogen (secondary N) is 1. The van der Waals surface area contributed by atoms with E-state index < -0.39 is 28.5 Å². The van der Waals surface area contributed by atoms with Crippen LogP contribution in [0.3, 0.4) is 0 Å². The lowest BCUT2D eigenvalue weighted by atomic mass is 10.1. The number of methoxy groups -OCH3 is 1. The molecule has 8 nitrogen and oxygen atoms in total. The predicted octanol–water partition coefficient (Wildman–Crippen LogP) is 3.10. The third-order valence-corrected chi connectivity index (χ3v) is 6.80. The highest BCUT2D eigenvalue weighted by molar-refractivity contribution is 7.92. The smallest absolute Gasteiger partial charge is 0.244 e. The van der Waals surface area contributed by atoms with E-state index in [0.717, 1.165) is 28.1 Å². The number of rotatable bonds is 11. The molecule has 2 rings (SSSR count). The summed E-state index contributed by atoms with van der Waals surface area (Å²) in [4.78, 5) is 27.8. The first-order valence-electron chi connectivity index (χ1n) is 11.2. The van der Waals surface area contributed by atoms with Gasteiger partial charge in [0.15, 0.2) is 0 Å². The number of aryl methyl sites for hydroxylation is 1. The fourth-order valence-electron chi connectivity index (χ4n) is 3.32. The van der Waals surface area contributed by atoms with Gasteiger partial charge in [-0.25, -0.2) is 8.42 Å². The Bertz CT molecular complexity index is 1090. The number of carbonyl (C=O) groups excluding carboxylic acids is 2. The summed E-state index contributed by atoms with van der Waals surface area (Å²) >= 11 is 0. The van der Waals surface area contributed by atoms with Crippen LogP contribution in [0.5, 0.6) is 5.75 Å². The molecule has 0 aromatic heterocycles. The van der Waals surface area contributed by atoms with Gasteiger partial charge >= 0.3 is 0 Å². The van der Waals surface area contributed by atoms with Crippen molar-refractivity contribution in [3.8, 4) is 5.75 Å². The monoisotopic (exact) mass is 489 g/mol. The van der Waals surface area contributed by atoms with Crippen LogP contribution in [0.15, 0.2) is 48.5 Å². The fourth-order valence-corrected chi connectivity index (χ4v) is 4.16. The Balaban J connectivity index is 2.38. The lowest BCUT2D eigenvalue weighted by Crippen LogP contribution is -2.52. The van der Waals surface area contributed by atoms with Gasteiger partial charge in [0.1, 0.15) is 18.3 Å². The average molecular weight is 490 g/mol. The molecule has 1 N–H and O–H groups in total. The van der Waals surface area contributed by atoms with E-state index in [9.17, 15) is 18.0 Å². The van der Waals surface area contributed by atoms with E-state index in [-0.39, 0.29) is 18.5 Å². The van der Waals surface area contributed by atoms with E-state index >= 15 is 0 Å². The van der Waals surface area contributed by atoms with Crippen LogP contribution in [0, 0.1) is 6.92 Å². The van der Waals surface area contributed by atoms with Gasteiger partial charge in [-0.2, -0.15) is 0 Å². The van der Waals surface area contributed by atoms with Crippen molar-refractivity contribution >= 4 is 27.5 Å². The van der Waals surface area contributed by atoms with Crippen LogP contribution in [0.4, 0.5) is 5.69 Å². The molecular weight excluding hydrogens is 454 g/mol. The molecule has 0 aliphatic rings. The first-order valence-corrected chi connectivity index (χ1v) is 13.1. The summed E-state index contributed by atoms with van der Waals surface area (Å²) in [5.74, 6) is -0.306. The molecule has 0 bridgehead atoms. The third-order valence-electron chi connectivity index (χ3n) is 5.66. The topological polar surface area (TPSA) is 96.0 Å². The Morgan fingerprint density at radius 2 is 1.74 bits per heavy atom. The lowest BCUT2D eigenvalue weighted by molar-refractivity contribution is -0.139. The number of hydrogen-bond acceptors (Lipinski definition) is 5. The van der Waals surface area contributed by atoms with Crippen LogP contribution in [0.2, 0.25) is 0 Å². The summed E-state index contributed by atoms with van der Waals surface area (Å²) in [6, 6.07) is 13.3. The molecule has 0 heterocycles. The normalized spacial score (nSPS) is 13.0. The second kappa shape index (κ2) is 11.9. The summed E-state index contributed by atoms with van der Waals surface area (Å²) in [7, 11) is -2.31. The molecule has 2 aromatic rings. The predicted molar refractivity (Wildman–Crippen MR) is 134 cm³/mol. The summed E-state index contributed by atoms with van der Waals surface area (Å²) < 4.78 is 31.5. The zero-order valence-electron chi connectivity index (χ0n) is 20.7. The van der Waals surface area contributed by atoms with Crippen molar-refractivity contribution in [1.29, 1.82) is 0 Å². The maximum atomic E-state index is 13.5. The minimum atomic E-state index is -3.79. The van der Waals surface area contributed by atoms with Gasteiger partial charge in [-0.05, 0) is 44.9 Å². The van der Waals surface area contributed by atoms with Crippen molar-refractivity contribution in [3.63, 3.8) is 0 Å². The second-order valence-electron chi connectivity index (χ2n) is 8.47. The van der Waals surface area contributed by atoms with Crippen molar-refractivity contribution in [3.05, 3.63) is 59.7 Å². The van der Waals surface area contributed by atoms with Crippen LogP contribution in [-0.2, 0) is 26.2 Å². The maximum Gasteiger partial charge on any atom is 0.244 e. The first-order chi connectivity index (χ1) is 16.0. The fraction of sp³-hybridized carbons (Fsp3) is 0.440. The number of ether oxygens (including phenoxy) is 1. The van der Waals surface area contributed by atoms with E-state index in [1.807, 2.05) is 45.0 Å². The average Bonchev–Trinajstić information content (AvgIpc) is 2.80. The number of carbonyl (C=O) groups is 2. The number of amides is 2. The van der Waals surface area contributed by atoms with Crippen molar-refractivity contribution in [1.82, 2.24) is 10.2 Å². The summed E-state index contributed by atoms with van der Waals surface area (Å²) in [6.07, 6.45) is 1.80. The SMILES string of the molecule is CC[C@@H](C)NC(=O)[C@@H](C)N(Cc1ccc(C)cc1)C(=O)CN(c1cccc(OC)c1)S(C)(=O)=O. The molecular formula is C25H35N3O5S. The Morgan fingerprint density at radius 3 is 2.29 bits per heavy atom. The third kappa shape index (κ3) is 7.48.